The molecule has 0 aliphatic rings. The lowest BCUT2D eigenvalue weighted by molar-refractivity contribution is -0.116. The maximum Gasteiger partial charge on any atom is 0.262 e. The highest BCUT2D eigenvalue weighted by molar-refractivity contribution is 7.80. The van der Waals surface area contributed by atoms with Gasteiger partial charge in [0.1, 0.15) is 5.82 Å². The number of amides is 1. The number of benzene rings is 2. The van der Waals surface area contributed by atoms with Crippen LogP contribution in [0.3, 0.4) is 0 Å². The molecule has 0 radical (unpaired) electrons. The summed E-state index contributed by atoms with van der Waals surface area (Å²) in [6, 6.07) is 12.8. The Morgan fingerprint density at radius 1 is 1.13 bits per heavy atom. The van der Waals surface area contributed by atoms with Gasteiger partial charge in [0.05, 0.1) is 0 Å². The van der Waals surface area contributed by atoms with E-state index in [1.165, 1.54) is 18.2 Å². The predicted octanol–water partition coefficient (Wildman–Crippen LogP) is 3.51. The van der Waals surface area contributed by atoms with Gasteiger partial charge in [-0.15, -0.1) is 0 Å². The maximum absolute atomic E-state index is 12.8. The summed E-state index contributed by atoms with van der Waals surface area (Å²) in [6.07, 6.45) is 2.87. The second kappa shape index (κ2) is 8.26. The Morgan fingerprint density at radius 3 is 2.57 bits per heavy atom. The van der Waals surface area contributed by atoms with Crippen molar-refractivity contribution in [3.8, 4) is 0 Å². The molecule has 3 N–H and O–H groups in total. The molecule has 0 saturated carbocycles. The molecule has 2 aromatic rings. The van der Waals surface area contributed by atoms with Crippen molar-refractivity contribution in [1.82, 2.24) is 10.9 Å². The second-order valence-corrected chi connectivity index (χ2v) is 5.31. The van der Waals surface area contributed by atoms with Crippen molar-refractivity contribution in [2.75, 3.05) is 5.32 Å². The molecule has 0 spiro atoms. The van der Waals surface area contributed by atoms with E-state index < -0.39 is 5.91 Å². The zero-order valence-corrected chi connectivity index (χ0v) is 13.4. The molecule has 0 saturated heterocycles. The SMILES string of the molecule is O=C(/C=C/c1ccc(F)cc1)NNC(=S)Nc1cccc(Cl)c1. The van der Waals surface area contributed by atoms with Gasteiger partial charge in [-0.3, -0.25) is 15.6 Å². The number of carbonyl (C=O) groups is 1. The van der Waals surface area contributed by atoms with Gasteiger partial charge in [-0.2, -0.15) is 0 Å². The molecule has 0 fully saturated rings. The molecule has 0 aromatic heterocycles. The number of thiocarbonyl (C=S) groups is 1. The topological polar surface area (TPSA) is 53.2 Å². The van der Waals surface area contributed by atoms with Crippen molar-refractivity contribution in [3.05, 3.63) is 71.0 Å². The quantitative estimate of drug-likeness (QED) is 0.451. The lowest BCUT2D eigenvalue weighted by Crippen LogP contribution is -2.43. The van der Waals surface area contributed by atoms with Crippen LogP contribution < -0.4 is 16.2 Å². The van der Waals surface area contributed by atoms with Crippen molar-refractivity contribution in [2.45, 2.75) is 0 Å². The monoisotopic (exact) mass is 349 g/mol. The third-order valence-corrected chi connectivity index (χ3v) is 3.12. The Hall–Kier alpha value is -2.44. The van der Waals surface area contributed by atoms with Gasteiger partial charge in [-0.25, -0.2) is 4.39 Å². The molecule has 0 aliphatic heterocycles. The van der Waals surface area contributed by atoms with Crippen LogP contribution in [0.1, 0.15) is 5.56 Å². The Balaban J connectivity index is 1.79. The summed E-state index contributed by atoms with van der Waals surface area (Å²) in [5, 5.41) is 3.67. The number of rotatable bonds is 3. The van der Waals surface area contributed by atoms with Crippen LogP contribution in [0, 0.1) is 5.82 Å². The molecule has 0 bridgehead atoms. The third kappa shape index (κ3) is 6.06. The highest BCUT2D eigenvalue weighted by atomic mass is 35.5. The van der Waals surface area contributed by atoms with E-state index in [2.05, 4.69) is 16.2 Å². The lowest BCUT2D eigenvalue weighted by atomic mass is 10.2. The Morgan fingerprint density at radius 2 is 1.87 bits per heavy atom. The third-order valence-electron chi connectivity index (χ3n) is 2.68. The molecule has 0 atom stereocenters. The van der Waals surface area contributed by atoms with Gasteiger partial charge in [-0.1, -0.05) is 29.8 Å². The van der Waals surface area contributed by atoms with Gasteiger partial charge in [0, 0.05) is 16.8 Å². The standard InChI is InChI=1S/C16H13ClFN3OS/c17-12-2-1-3-14(10-12)19-16(23)21-20-15(22)9-6-11-4-7-13(18)8-5-11/h1-10H,(H,20,22)(H2,19,21,23)/b9-6+. The number of halogens is 2. The summed E-state index contributed by atoms with van der Waals surface area (Å²) in [4.78, 5) is 11.7. The van der Waals surface area contributed by atoms with E-state index in [1.807, 2.05) is 0 Å². The fraction of sp³-hybridized carbons (Fsp3) is 0. The minimum atomic E-state index is -0.399. The molecule has 4 nitrogen and oxygen atoms in total. The first-order chi connectivity index (χ1) is 11.0. The van der Waals surface area contributed by atoms with Crippen molar-refractivity contribution < 1.29 is 9.18 Å². The maximum atomic E-state index is 12.8. The molecule has 0 aliphatic carbocycles. The van der Waals surface area contributed by atoms with E-state index in [9.17, 15) is 9.18 Å². The Kier molecular flexibility index (Phi) is 6.08. The summed E-state index contributed by atoms with van der Waals surface area (Å²) >= 11 is 10.9. The van der Waals surface area contributed by atoms with Crippen LogP contribution >= 0.6 is 23.8 Å². The summed E-state index contributed by atoms with van der Waals surface area (Å²) in [7, 11) is 0. The predicted molar refractivity (Wildman–Crippen MR) is 94.4 cm³/mol. The van der Waals surface area contributed by atoms with Crippen LogP contribution in [0.5, 0.6) is 0 Å². The number of carbonyl (C=O) groups excluding carboxylic acids is 1. The van der Waals surface area contributed by atoms with Crippen LogP contribution in [0.2, 0.25) is 5.02 Å². The van der Waals surface area contributed by atoms with Gasteiger partial charge >= 0.3 is 0 Å². The molecule has 23 heavy (non-hydrogen) atoms. The minimum absolute atomic E-state index is 0.218. The normalized spacial score (nSPS) is 10.3. The summed E-state index contributed by atoms with van der Waals surface area (Å²) < 4.78 is 12.8. The largest absolute Gasteiger partial charge is 0.331 e. The van der Waals surface area contributed by atoms with Gasteiger partial charge < -0.3 is 5.32 Å². The number of hydrogen-bond acceptors (Lipinski definition) is 2. The first kappa shape index (κ1) is 16.9. The van der Waals surface area contributed by atoms with Crippen molar-refractivity contribution >= 4 is 46.6 Å². The lowest BCUT2D eigenvalue weighted by Gasteiger charge is -2.10. The van der Waals surface area contributed by atoms with Crippen LogP contribution in [-0.2, 0) is 4.79 Å². The van der Waals surface area contributed by atoms with E-state index in [4.69, 9.17) is 23.8 Å². The molecular formula is C16H13ClFN3OS. The first-order valence-electron chi connectivity index (χ1n) is 6.59. The molecule has 7 heteroatoms. The molecule has 1 amide bonds. The van der Waals surface area contributed by atoms with Crippen LogP contribution in [0.4, 0.5) is 10.1 Å². The molecule has 0 heterocycles. The van der Waals surface area contributed by atoms with Gasteiger partial charge in [0.25, 0.3) is 5.91 Å². The molecular weight excluding hydrogens is 337 g/mol. The van der Waals surface area contributed by atoms with Gasteiger partial charge in [0.2, 0.25) is 0 Å². The molecule has 0 unspecified atom stereocenters. The molecule has 2 aromatic carbocycles. The first-order valence-corrected chi connectivity index (χ1v) is 7.38. The number of hydrogen-bond donors (Lipinski definition) is 3. The Bertz CT molecular complexity index is 734. The average molecular weight is 350 g/mol. The molecule has 2 rings (SSSR count). The number of hydrazine groups is 1. The van der Waals surface area contributed by atoms with E-state index in [0.717, 1.165) is 0 Å². The van der Waals surface area contributed by atoms with Gasteiger partial charge in [-0.05, 0) is 54.2 Å². The number of nitrogens with one attached hydrogen (secondary N) is 3. The average Bonchev–Trinajstić information content (AvgIpc) is 2.52. The zero-order chi connectivity index (χ0) is 16.7. The minimum Gasteiger partial charge on any atom is -0.331 e. The van der Waals surface area contributed by atoms with Crippen molar-refractivity contribution in [1.29, 1.82) is 0 Å². The van der Waals surface area contributed by atoms with E-state index in [1.54, 1.807) is 42.5 Å². The summed E-state index contributed by atoms with van der Waals surface area (Å²) in [6.45, 7) is 0. The van der Waals surface area contributed by atoms with Crippen LogP contribution in [0.15, 0.2) is 54.6 Å². The van der Waals surface area contributed by atoms with Crippen molar-refractivity contribution in [2.24, 2.45) is 0 Å². The molecule has 118 valence electrons. The fourth-order valence-electron chi connectivity index (χ4n) is 1.63. The van der Waals surface area contributed by atoms with Crippen LogP contribution in [-0.4, -0.2) is 11.0 Å². The highest BCUT2D eigenvalue weighted by Crippen LogP contribution is 2.14. The Labute approximate surface area is 143 Å². The van der Waals surface area contributed by atoms with E-state index in [0.29, 0.717) is 16.3 Å². The van der Waals surface area contributed by atoms with E-state index in [-0.39, 0.29) is 10.9 Å². The van der Waals surface area contributed by atoms with Crippen LogP contribution in [0.25, 0.3) is 6.08 Å². The smallest absolute Gasteiger partial charge is 0.262 e. The van der Waals surface area contributed by atoms with Crippen molar-refractivity contribution in [3.63, 3.8) is 0 Å². The number of anilines is 1. The zero-order valence-electron chi connectivity index (χ0n) is 11.8. The highest BCUT2D eigenvalue weighted by Gasteiger charge is 2.00. The van der Waals surface area contributed by atoms with Gasteiger partial charge in [0.15, 0.2) is 5.11 Å². The summed E-state index contributed by atoms with van der Waals surface area (Å²) in [5.41, 5.74) is 6.38. The summed E-state index contributed by atoms with van der Waals surface area (Å²) in [5.74, 6) is -0.727. The second-order valence-electron chi connectivity index (χ2n) is 4.46. The van der Waals surface area contributed by atoms with E-state index >= 15 is 0 Å². The fourth-order valence-corrected chi connectivity index (χ4v) is 1.99.